The average molecular weight is 316 g/mol. The van der Waals surface area contributed by atoms with Gasteiger partial charge >= 0.3 is 0 Å². The number of carbonyl (C=O) groups excluding carboxylic acids is 1. The summed E-state index contributed by atoms with van der Waals surface area (Å²) >= 11 is 0. The molecular weight excluding hydrogens is 284 g/mol. The Balaban J connectivity index is 1.65. The van der Waals surface area contributed by atoms with Crippen molar-refractivity contribution >= 4 is 5.78 Å². The summed E-state index contributed by atoms with van der Waals surface area (Å²) in [6.07, 6.45) is 13.0. The second kappa shape index (κ2) is 5.44. The van der Waals surface area contributed by atoms with E-state index in [1.165, 1.54) is 31.3 Å². The van der Waals surface area contributed by atoms with E-state index in [1.807, 2.05) is 6.08 Å². The van der Waals surface area contributed by atoms with Crippen molar-refractivity contribution < 1.29 is 9.90 Å². The summed E-state index contributed by atoms with van der Waals surface area (Å²) in [6, 6.07) is 0. The molecule has 4 aliphatic rings. The lowest BCUT2D eigenvalue weighted by molar-refractivity contribution is -0.132. The summed E-state index contributed by atoms with van der Waals surface area (Å²) in [4.78, 5) is 11.8. The maximum atomic E-state index is 11.8. The molecule has 4 aliphatic carbocycles. The number of aliphatic hydroxyl groups is 1. The van der Waals surface area contributed by atoms with Gasteiger partial charge in [0.2, 0.25) is 0 Å². The molecule has 2 unspecified atom stereocenters. The Bertz CT molecular complexity index is 536. The molecule has 23 heavy (non-hydrogen) atoms. The van der Waals surface area contributed by atoms with Gasteiger partial charge in [-0.3, -0.25) is 4.79 Å². The van der Waals surface area contributed by atoms with Crippen LogP contribution in [0.1, 0.15) is 78.1 Å². The van der Waals surface area contributed by atoms with E-state index in [1.54, 1.807) is 0 Å². The van der Waals surface area contributed by atoms with Gasteiger partial charge in [-0.1, -0.05) is 19.4 Å². The molecule has 0 saturated heterocycles. The second-order valence-corrected chi connectivity index (χ2v) is 8.78. The molecule has 0 radical (unpaired) electrons. The molecule has 0 aliphatic heterocycles. The van der Waals surface area contributed by atoms with Crippen molar-refractivity contribution in [3.8, 4) is 0 Å². The molecule has 2 heteroatoms. The third-order valence-electron chi connectivity index (χ3n) is 8.52. The SMILES string of the molecule is CC[C@@]1(O)CCC2[C@H]3CCC4=CC(=O)CC[C@H]4C3CC[C@]21CC. The van der Waals surface area contributed by atoms with Crippen LogP contribution in [-0.4, -0.2) is 16.5 Å². The highest BCUT2D eigenvalue weighted by Crippen LogP contribution is 2.66. The van der Waals surface area contributed by atoms with Crippen LogP contribution in [0.4, 0.5) is 0 Å². The van der Waals surface area contributed by atoms with Crippen LogP contribution in [0.15, 0.2) is 11.6 Å². The molecule has 2 nitrogen and oxygen atoms in total. The first kappa shape index (κ1) is 15.9. The van der Waals surface area contributed by atoms with E-state index in [0.29, 0.717) is 11.7 Å². The largest absolute Gasteiger partial charge is 0.389 e. The maximum absolute atomic E-state index is 11.8. The van der Waals surface area contributed by atoms with E-state index < -0.39 is 5.60 Å². The molecule has 0 spiro atoms. The highest BCUT2D eigenvalue weighted by atomic mass is 16.3. The molecule has 0 aromatic carbocycles. The van der Waals surface area contributed by atoms with E-state index in [-0.39, 0.29) is 5.41 Å². The van der Waals surface area contributed by atoms with E-state index in [4.69, 9.17) is 0 Å². The quantitative estimate of drug-likeness (QED) is 0.804. The van der Waals surface area contributed by atoms with E-state index in [0.717, 1.165) is 56.3 Å². The Morgan fingerprint density at radius 1 is 1.04 bits per heavy atom. The van der Waals surface area contributed by atoms with Crippen LogP contribution in [0, 0.1) is 29.1 Å². The predicted molar refractivity (Wildman–Crippen MR) is 92.0 cm³/mol. The van der Waals surface area contributed by atoms with Crippen LogP contribution in [0.5, 0.6) is 0 Å². The lowest BCUT2D eigenvalue weighted by Crippen LogP contribution is -2.53. The minimum absolute atomic E-state index is 0.175. The fraction of sp³-hybridized carbons (Fsp3) is 0.857. The summed E-state index contributed by atoms with van der Waals surface area (Å²) in [7, 11) is 0. The molecule has 0 heterocycles. The van der Waals surface area contributed by atoms with Crippen molar-refractivity contribution in [2.45, 2.75) is 83.7 Å². The van der Waals surface area contributed by atoms with Crippen LogP contribution in [-0.2, 0) is 4.79 Å². The van der Waals surface area contributed by atoms with Gasteiger partial charge in [-0.2, -0.15) is 0 Å². The lowest BCUT2D eigenvalue weighted by Gasteiger charge is -2.57. The van der Waals surface area contributed by atoms with Crippen LogP contribution < -0.4 is 0 Å². The minimum Gasteiger partial charge on any atom is -0.389 e. The van der Waals surface area contributed by atoms with Crippen LogP contribution in [0.25, 0.3) is 0 Å². The molecule has 3 fully saturated rings. The zero-order valence-corrected chi connectivity index (χ0v) is 14.8. The number of rotatable bonds is 2. The van der Waals surface area contributed by atoms with Gasteiger partial charge < -0.3 is 5.11 Å². The summed E-state index contributed by atoms with van der Waals surface area (Å²) in [6.45, 7) is 4.49. The molecule has 0 bridgehead atoms. The molecule has 1 N–H and O–H groups in total. The van der Waals surface area contributed by atoms with Crippen LogP contribution in [0.3, 0.4) is 0 Å². The number of fused-ring (bicyclic) bond motifs is 5. The van der Waals surface area contributed by atoms with Crippen molar-refractivity contribution in [3.63, 3.8) is 0 Å². The van der Waals surface area contributed by atoms with Gasteiger partial charge in [-0.05, 0) is 87.5 Å². The Hall–Kier alpha value is -0.630. The van der Waals surface area contributed by atoms with Crippen molar-refractivity contribution in [3.05, 3.63) is 11.6 Å². The number of carbonyl (C=O) groups is 1. The van der Waals surface area contributed by atoms with Gasteiger partial charge in [-0.15, -0.1) is 0 Å². The van der Waals surface area contributed by atoms with E-state index in [9.17, 15) is 9.90 Å². The van der Waals surface area contributed by atoms with Gasteiger partial charge in [-0.25, -0.2) is 0 Å². The van der Waals surface area contributed by atoms with Crippen molar-refractivity contribution in [1.29, 1.82) is 0 Å². The van der Waals surface area contributed by atoms with Crippen molar-refractivity contribution in [2.75, 3.05) is 0 Å². The third-order valence-corrected chi connectivity index (χ3v) is 8.52. The smallest absolute Gasteiger partial charge is 0.155 e. The van der Waals surface area contributed by atoms with Gasteiger partial charge in [0, 0.05) is 11.8 Å². The standard InChI is InChI=1S/C21H32O2/c1-3-20-11-9-17-16-8-6-15(22)13-14(16)5-7-18(17)19(20)10-12-21(20,23)4-2/h13,16-19,23H,3-12H2,1-2H3/t16-,17?,18+,19?,20-,21-/m1/s1. The first-order valence-electron chi connectivity index (χ1n) is 10.0. The molecular formula is C21H32O2. The van der Waals surface area contributed by atoms with E-state index >= 15 is 0 Å². The minimum atomic E-state index is -0.421. The summed E-state index contributed by atoms with van der Waals surface area (Å²) in [5, 5.41) is 11.3. The Morgan fingerprint density at radius 3 is 2.61 bits per heavy atom. The van der Waals surface area contributed by atoms with Gasteiger partial charge in [0.25, 0.3) is 0 Å². The zero-order chi connectivity index (χ0) is 16.2. The third kappa shape index (κ3) is 2.06. The summed E-state index contributed by atoms with van der Waals surface area (Å²) < 4.78 is 0. The molecule has 4 rings (SSSR count). The molecule has 3 saturated carbocycles. The van der Waals surface area contributed by atoms with Crippen LogP contribution >= 0.6 is 0 Å². The number of hydrogen-bond donors (Lipinski definition) is 1. The topological polar surface area (TPSA) is 37.3 Å². The van der Waals surface area contributed by atoms with Gasteiger partial charge in [0.15, 0.2) is 5.78 Å². The van der Waals surface area contributed by atoms with Crippen molar-refractivity contribution in [1.82, 2.24) is 0 Å². The maximum Gasteiger partial charge on any atom is 0.155 e. The number of allylic oxidation sites excluding steroid dienone is 1. The number of hydrogen-bond acceptors (Lipinski definition) is 2. The highest BCUT2D eigenvalue weighted by Gasteiger charge is 2.62. The fourth-order valence-electron chi connectivity index (χ4n) is 7.40. The summed E-state index contributed by atoms with van der Waals surface area (Å²) in [5.74, 6) is 3.33. The molecule has 0 amide bonds. The fourth-order valence-corrected chi connectivity index (χ4v) is 7.40. The Labute approximate surface area is 140 Å². The van der Waals surface area contributed by atoms with E-state index in [2.05, 4.69) is 13.8 Å². The lowest BCUT2D eigenvalue weighted by atomic mass is 9.49. The van der Waals surface area contributed by atoms with Gasteiger partial charge in [0.1, 0.15) is 0 Å². The number of ketones is 1. The molecule has 6 atom stereocenters. The van der Waals surface area contributed by atoms with Crippen LogP contribution in [0.2, 0.25) is 0 Å². The molecule has 128 valence electrons. The summed E-state index contributed by atoms with van der Waals surface area (Å²) in [5.41, 5.74) is 1.22. The predicted octanol–water partition coefficient (Wildman–Crippen LogP) is 4.66. The highest BCUT2D eigenvalue weighted by molar-refractivity contribution is 5.91. The van der Waals surface area contributed by atoms with Crippen molar-refractivity contribution in [2.24, 2.45) is 29.1 Å². The second-order valence-electron chi connectivity index (χ2n) is 8.78. The average Bonchev–Trinajstić information content (AvgIpc) is 2.88. The first-order chi connectivity index (χ1) is 11.0. The van der Waals surface area contributed by atoms with Gasteiger partial charge in [0.05, 0.1) is 5.60 Å². The zero-order valence-electron chi connectivity index (χ0n) is 14.8. The normalized spacial score (nSPS) is 49.2. The Morgan fingerprint density at radius 2 is 1.87 bits per heavy atom. The Kier molecular flexibility index (Phi) is 3.75. The first-order valence-corrected chi connectivity index (χ1v) is 10.0. The molecule has 0 aromatic rings. The monoisotopic (exact) mass is 316 g/mol. The molecule has 0 aromatic heterocycles.